The van der Waals surface area contributed by atoms with E-state index in [9.17, 15) is 0 Å². The molecule has 0 saturated heterocycles. The third-order valence-electron chi connectivity index (χ3n) is 2.88. The Bertz CT molecular complexity index is 545. The van der Waals surface area contributed by atoms with Gasteiger partial charge in [0.25, 0.3) is 0 Å². The summed E-state index contributed by atoms with van der Waals surface area (Å²) in [5.41, 5.74) is 2.52. The first-order chi connectivity index (χ1) is 8.24. The fourth-order valence-corrected chi connectivity index (χ4v) is 3.04. The fraction of sp³-hybridized carbons (Fsp3) is 0.231. The number of benzene rings is 1. The van der Waals surface area contributed by atoms with Crippen molar-refractivity contribution in [2.45, 2.75) is 18.8 Å². The van der Waals surface area contributed by atoms with E-state index in [1.54, 1.807) is 0 Å². The van der Waals surface area contributed by atoms with E-state index in [-0.39, 0.29) is 0 Å². The van der Waals surface area contributed by atoms with Gasteiger partial charge in [0.2, 0.25) is 0 Å². The molecule has 0 bridgehead atoms. The molecule has 1 aromatic carbocycles. The number of hydrogen-bond acceptors (Lipinski definition) is 2. The number of aromatic nitrogens is 2. The molecule has 1 aromatic heterocycles. The molecule has 0 unspecified atom stereocenters. The van der Waals surface area contributed by atoms with Crippen molar-refractivity contribution in [1.29, 1.82) is 0 Å². The van der Waals surface area contributed by atoms with Crippen LogP contribution in [0.25, 0.3) is 11.4 Å². The van der Waals surface area contributed by atoms with Crippen molar-refractivity contribution in [1.82, 2.24) is 9.97 Å². The molecule has 0 atom stereocenters. The highest BCUT2D eigenvalue weighted by atomic mass is 79.9. The van der Waals surface area contributed by atoms with Crippen LogP contribution in [0.15, 0.2) is 39.5 Å². The normalized spacial score (nSPS) is 14.9. The van der Waals surface area contributed by atoms with Crippen LogP contribution in [0, 0.1) is 0 Å². The summed E-state index contributed by atoms with van der Waals surface area (Å²) in [7, 11) is 0. The van der Waals surface area contributed by atoms with Crippen LogP contribution in [-0.4, -0.2) is 9.97 Å². The Morgan fingerprint density at radius 1 is 1.00 bits per heavy atom. The monoisotopic (exact) mass is 352 g/mol. The molecule has 1 aliphatic rings. The second-order valence-electron chi connectivity index (χ2n) is 4.20. The topological polar surface area (TPSA) is 25.8 Å². The minimum atomic E-state index is 0.701. The Morgan fingerprint density at radius 2 is 1.65 bits per heavy atom. The molecule has 0 radical (unpaired) electrons. The Kier molecular flexibility index (Phi) is 3.01. The lowest BCUT2D eigenvalue weighted by Crippen LogP contribution is -1.94. The van der Waals surface area contributed by atoms with E-state index < -0.39 is 0 Å². The summed E-state index contributed by atoms with van der Waals surface area (Å²) in [6.07, 6.45) is 2.57. The van der Waals surface area contributed by atoms with Gasteiger partial charge in [-0.2, -0.15) is 0 Å². The molecular weight excluding hydrogens is 344 g/mol. The minimum absolute atomic E-state index is 0.701. The van der Waals surface area contributed by atoms with Crippen LogP contribution in [0.5, 0.6) is 0 Å². The van der Waals surface area contributed by atoms with E-state index in [0.29, 0.717) is 5.92 Å². The smallest absolute Gasteiger partial charge is 0.161 e. The number of halogens is 2. The molecule has 1 fully saturated rings. The van der Waals surface area contributed by atoms with Crippen LogP contribution < -0.4 is 0 Å². The first-order valence-electron chi connectivity index (χ1n) is 5.53. The van der Waals surface area contributed by atoms with Crippen molar-refractivity contribution in [3.8, 4) is 11.4 Å². The van der Waals surface area contributed by atoms with E-state index >= 15 is 0 Å². The van der Waals surface area contributed by atoms with Gasteiger partial charge in [-0.25, -0.2) is 9.97 Å². The van der Waals surface area contributed by atoms with Crippen LogP contribution in [0.2, 0.25) is 0 Å². The van der Waals surface area contributed by atoms with E-state index in [1.165, 1.54) is 18.4 Å². The average Bonchev–Trinajstić information content (AvgIpc) is 3.11. The number of rotatable bonds is 2. The highest BCUT2D eigenvalue weighted by Gasteiger charge is 2.26. The average molecular weight is 354 g/mol. The van der Waals surface area contributed by atoms with Crippen molar-refractivity contribution in [3.63, 3.8) is 0 Å². The standard InChI is InChI=1S/C13H10Br2N2/c14-11-7-12(15)17-13(16-11)10-4-2-1-3-9(10)8-5-6-8/h1-4,7-8H,5-6H2. The van der Waals surface area contributed by atoms with E-state index in [0.717, 1.165) is 20.6 Å². The van der Waals surface area contributed by atoms with Crippen molar-refractivity contribution in [2.75, 3.05) is 0 Å². The molecule has 0 aliphatic heterocycles. The van der Waals surface area contributed by atoms with E-state index in [1.807, 2.05) is 12.1 Å². The molecule has 3 rings (SSSR count). The summed E-state index contributed by atoms with van der Waals surface area (Å²) in [5.74, 6) is 1.49. The maximum absolute atomic E-state index is 4.45. The van der Waals surface area contributed by atoms with Gasteiger partial charge in [0.15, 0.2) is 5.82 Å². The van der Waals surface area contributed by atoms with Gasteiger partial charge in [0, 0.05) is 11.6 Å². The summed E-state index contributed by atoms with van der Waals surface area (Å²) < 4.78 is 1.61. The van der Waals surface area contributed by atoms with Crippen LogP contribution in [0.1, 0.15) is 24.3 Å². The SMILES string of the molecule is Brc1cc(Br)nc(-c2ccccc2C2CC2)n1. The molecular formula is C13H10Br2N2. The molecule has 1 saturated carbocycles. The van der Waals surface area contributed by atoms with Crippen molar-refractivity contribution >= 4 is 31.9 Å². The van der Waals surface area contributed by atoms with Gasteiger partial charge in [0.1, 0.15) is 9.21 Å². The highest BCUT2D eigenvalue weighted by molar-refractivity contribution is 9.11. The second kappa shape index (κ2) is 4.50. The molecule has 0 N–H and O–H groups in total. The predicted octanol–water partition coefficient (Wildman–Crippen LogP) is 4.55. The fourth-order valence-electron chi connectivity index (χ4n) is 1.96. The lowest BCUT2D eigenvalue weighted by molar-refractivity contribution is 1.08. The second-order valence-corrected chi connectivity index (χ2v) is 5.82. The van der Waals surface area contributed by atoms with Gasteiger partial charge in [-0.1, -0.05) is 24.3 Å². The molecule has 17 heavy (non-hydrogen) atoms. The Morgan fingerprint density at radius 3 is 2.29 bits per heavy atom. The lowest BCUT2D eigenvalue weighted by Gasteiger charge is -2.07. The molecule has 86 valence electrons. The molecule has 2 aromatic rings. The third kappa shape index (κ3) is 2.43. The molecule has 0 amide bonds. The van der Waals surface area contributed by atoms with Crippen molar-refractivity contribution in [2.24, 2.45) is 0 Å². The Labute approximate surface area is 117 Å². The van der Waals surface area contributed by atoms with E-state index in [2.05, 4.69) is 60.0 Å². The minimum Gasteiger partial charge on any atom is -0.221 e. The quantitative estimate of drug-likeness (QED) is 0.740. The summed E-state index contributed by atoms with van der Waals surface area (Å²) in [5, 5.41) is 0. The van der Waals surface area contributed by atoms with Crippen molar-refractivity contribution < 1.29 is 0 Å². The summed E-state index contributed by atoms with van der Waals surface area (Å²) >= 11 is 6.81. The molecule has 2 nitrogen and oxygen atoms in total. The van der Waals surface area contributed by atoms with Crippen LogP contribution >= 0.6 is 31.9 Å². The largest absolute Gasteiger partial charge is 0.221 e. The number of nitrogens with zero attached hydrogens (tertiary/aromatic N) is 2. The third-order valence-corrected chi connectivity index (χ3v) is 3.69. The van der Waals surface area contributed by atoms with Gasteiger partial charge < -0.3 is 0 Å². The predicted molar refractivity (Wildman–Crippen MR) is 74.8 cm³/mol. The van der Waals surface area contributed by atoms with Crippen molar-refractivity contribution in [3.05, 3.63) is 45.1 Å². The molecule has 1 aliphatic carbocycles. The van der Waals surface area contributed by atoms with Gasteiger partial charge >= 0.3 is 0 Å². The molecule has 4 heteroatoms. The lowest BCUT2D eigenvalue weighted by atomic mass is 10.0. The Hall–Kier alpha value is -0.740. The van der Waals surface area contributed by atoms with Gasteiger partial charge in [-0.05, 0) is 56.2 Å². The van der Waals surface area contributed by atoms with E-state index in [4.69, 9.17) is 0 Å². The maximum atomic E-state index is 4.45. The zero-order chi connectivity index (χ0) is 11.8. The maximum Gasteiger partial charge on any atom is 0.161 e. The van der Waals surface area contributed by atoms with Crippen LogP contribution in [-0.2, 0) is 0 Å². The van der Waals surface area contributed by atoms with Gasteiger partial charge in [0.05, 0.1) is 0 Å². The summed E-state index contributed by atoms with van der Waals surface area (Å²) in [6.45, 7) is 0. The zero-order valence-corrected chi connectivity index (χ0v) is 12.2. The zero-order valence-electron chi connectivity index (χ0n) is 9.03. The highest BCUT2D eigenvalue weighted by Crippen LogP contribution is 2.43. The van der Waals surface area contributed by atoms with Crippen LogP contribution in [0.4, 0.5) is 0 Å². The first kappa shape index (κ1) is 11.4. The number of hydrogen-bond donors (Lipinski definition) is 0. The first-order valence-corrected chi connectivity index (χ1v) is 7.12. The molecule has 1 heterocycles. The summed E-state index contributed by atoms with van der Waals surface area (Å²) in [4.78, 5) is 8.90. The van der Waals surface area contributed by atoms with Crippen LogP contribution in [0.3, 0.4) is 0 Å². The summed E-state index contributed by atoms with van der Waals surface area (Å²) in [6, 6.07) is 10.3. The Balaban J connectivity index is 2.14. The van der Waals surface area contributed by atoms with Gasteiger partial charge in [-0.3, -0.25) is 0 Å². The molecule has 0 spiro atoms. The van der Waals surface area contributed by atoms with Gasteiger partial charge in [-0.15, -0.1) is 0 Å².